The van der Waals surface area contributed by atoms with Gasteiger partial charge in [0.1, 0.15) is 0 Å². The van der Waals surface area contributed by atoms with E-state index in [0.29, 0.717) is 22.9 Å². The van der Waals surface area contributed by atoms with E-state index in [4.69, 9.17) is 4.63 Å². The fourth-order valence-electron chi connectivity index (χ4n) is 2.04. The average molecular weight is 332 g/mol. The van der Waals surface area contributed by atoms with Crippen molar-refractivity contribution >= 4 is 28.6 Å². The summed E-state index contributed by atoms with van der Waals surface area (Å²) < 4.78 is 4.70. The second kappa shape index (κ2) is 7.69. The third-order valence-corrected chi connectivity index (χ3v) is 3.12. The van der Waals surface area contributed by atoms with Crippen molar-refractivity contribution in [1.29, 1.82) is 0 Å². The summed E-state index contributed by atoms with van der Waals surface area (Å²) in [5.74, 6) is 0.977. The van der Waals surface area contributed by atoms with E-state index in [-0.39, 0.29) is 0 Å². The van der Waals surface area contributed by atoms with E-state index in [2.05, 4.69) is 44.1 Å². The summed E-state index contributed by atoms with van der Waals surface area (Å²) in [5, 5.41) is 13.9. The molecule has 3 rings (SSSR count). The van der Waals surface area contributed by atoms with Gasteiger partial charge in [-0.2, -0.15) is 0 Å². The Balaban J connectivity index is 2.00. The van der Waals surface area contributed by atoms with Crippen LogP contribution in [0.15, 0.2) is 84.2 Å². The maximum absolute atomic E-state index is 4.70. The van der Waals surface area contributed by atoms with E-state index >= 15 is 0 Å². The maximum Gasteiger partial charge on any atom is 0.245 e. The van der Waals surface area contributed by atoms with Gasteiger partial charge in [-0.05, 0) is 34.6 Å². The summed E-state index contributed by atoms with van der Waals surface area (Å²) in [7, 11) is 0. The SMILES string of the molecule is C=C/C=C\C(=C/C=C)Nc1nc2nonc2nc1Nc1ccccc1. The molecule has 7 nitrogen and oxygen atoms in total. The third-order valence-electron chi connectivity index (χ3n) is 3.12. The monoisotopic (exact) mass is 332 g/mol. The topological polar surface area (TPSA) is 88.8 Å². The van der Waals surface area contributed by atoms with Crippen molar-refractivity contribution in [2.45, 2.75) is 0 Å². The van der Waals surface area contributed by atoms with Crippen molar-refractivity contribution in [3.8, 4) is 0 Å². The van der Waals surface area contributed by atoms with Crippen LogP contribution < -0.4 is 10.6 Å². The number of hydrogen-bond donors (Lipinski definition) is 2. The van der Waals surface area contributed by atoms with Crippen LogP contribution in [0.1, 0.15) is 0 Å². The highest BCUT2D eigenvalue weighted by Gasteiger charge is 2.13. The molecule has 0 aliphatic carbocycles. The molecule has 0 fully saturated rings. The van der Waals surface area contributed by atoms with Crippen LogP contribution in [0.3, 0.4) is 0 Å². The van der Waals surface area contributed by atoms with E-state index in [1.165, 1.54) is 0 Å². The van der Waals surface area contributed by atoms with E-state index in [1.54, 1.807) is 24.3 Å². The molecular formula is C18H16N6O. The summed E-state index contributed by atoms with van der Waals surface area (Å²) in [6.45, 7) is 7.39. The van der Waals surface area contributed by atoms with Crippen LogP contribution in [0.2, 0.25) is 0 Å². The minimum absolute atomic E-state index is 0.312. The Kier molecular flexibility index (Phi) is 4.96. The Morgan fingerprint density at radius 3 is 2.36 bits per heavy atom. The predicted molar refractivity (Wildman–Crippen MR) is 98.4 cm³/mol. The summed E-state index contributed by atoms with van der Waals surface area (Å²) in [4.78, 5) is 8.85. The minimum atomic E-state index is 0.312. The second-order valence-corrected chi connectivity index (χ2v) is 4.90. The van der Waals surface area contributed by atoms with Gasteiger partial charge in [0.25, 0.3) is 0 Å². The van der Waals surface area contributed by atoms with Crippen LogP contribution >= 0.6 is 0 Å². The number of allylic oxidation sites excluding steroid dienone is 5. The van der Waals surface area contributed by atoms with Crippen LogP contribution in [0.25, 0.3) is 11.3 Å². The number of hydrogen-bond acceptors (Lipinski definition) is 7. The molecule has 0 atom stereocenters. The van der Waals surface area contributed by atoms with Gasteiger partial charge >= 0.3 is 0 Å². The Labute approximate surface area is 144 Å². The van der Waals surface area contributed by atoms with Gasteiger partial charge in [0.05, 0.1) is 0 Å². The summed E-state index contributed by atoms with van der Waals surface area (Å²) in [6.07, 6.45) is 8.80. The number of nitrogens with one attached hydrogen (secondary N) is 2. The summed E-state index contributed by atoms with van der Waals surface area (Å²) in [5.41, 5.74) is 2.26. The van der Waals surface area contributed by atoms with Crippen molar-refractivity contribution in [3.63, 3.8) is 0 Å². The number of fused-ring (bicyclic) bond motifs is 1. The highest BCUT2D eigenvalue weighted by molar-refractivity contribution is 5.77. The fourth-order valence-corrected chi connectivity index (χ4v) is 2.04. The standard InChI is InChI=1S/C18H16N6O/c1-3-5-10-13(9-4-2)19-15-16(20-14-11-7-6-8-12-14)22-18-17(21-15)23-25-24-18/h3-12H,1-2H2,(H,19,21,23)(H,20,22,24)/b10-5-,13-9+. The molecule has 2 N–H and O–H groups in total. The highest BCUT2D eigenvalue weighted by atomic mass is 16.6. The zero-order valence-electron chi connectivity index (χ0n) is 13.4. The molecular weight excluding hydrogens is 316 g/mol. The lowest BCUT2D eigenvalue weighted by atomic mass is 10.3. The predicted octanol–water partition coefficient (Wildman–Crippen LogP) is 3.98. The molecule has 7 heteroatoms. The van der Waals surface area contributed by atoms with E-state index in [0.717, 1.165) is 11.4 Å². The lowest BCUT2D eigenvalue weighted by Crippen LogP contribution is -2.06. The Hall–Kier alpha value is -3.74. The first-order valence-corrected chi connectivity index (χ1v) is 7.51. The number of nitrogens with zero attached hydrogens (tertiary/aromatic N) is 4. The van der Waals surface area contributed by atoms with Crippen LogP contribution in [-0.2, 0) is 0 Å². The minimum Gasteiger partial charge on any atom is -0.337 e. The fraction of sp³-hybridized carbons (Fsp3) is 0. The molecule has 3 aromatic rings. The van der Waals surface area contributed by atoms with Crippen LogP contribution in [0.5, 0.6) is 0 Å². The molecule has 0 spiro atoms. The number of benzene rings is 1. The molecule has 2 aromatic heterocycles. The molecule has 0 saturated heterocycles. The van der Waals surface area contributed by atoms with Crippen molar-refractivity contribution in [2.75, 3.05) is 10.6 Å². The molecule has 2 heterocycles. The van der Waals surface area contributed by atoms with Crippen molar-refractivity contribution in [3.05, 3.63) is 79.6 Å². The average Bonchev–Trinajstić information content (AvgIpc) is 3.08. The lowest BCUT2D eigenvalue weighted by Gasteiger charge is -2.12. The van der Waals surface area contributed by atoms with Crippen molar-refractivity contribution in [1.82, 2.24) is 20.3 Å². The molecule has 124 valence electrons. The van der Waals surface area contributed by atoms with Gasteiger partial charge < -0.3 is 10.6 Å². The summed E-state index contributed by atoms with van der Waals surface area (Å²) in [6, 6.07) is 9.64. The normalized spacial score (nSPS) is 11.6. The summed E-state index contributed by atoms with van der Waals surface area (Å²) >= 11 is 0. The number of para-hydroxylation sites is 1. The first-order valence-electron chi connectivity index (χ1n) is 7.51. The largest absolute Gasteiger partial charge is 0.337 e. The van der Waals surface area contributed by atoms with Gasteiger partial charge in [0, 0.05) is 11.4 Å². The van der Waals surface area contributed by atoms with Crippen LogP contribution in [0, 0.1) is 0 Å². The van der Waals surface area contributed by atoms with Crippen molar-refractivity contribution in [2.24, 2.45) is 0 Å². The zero-order valence-corrected chi connectivity index (χ0v) is 13.4. The molecule has 1 aromatic carbocycles. The van der Waals surface area contributed by atoms with Gasteiger partial charge in [-0.3, -0.25) is 0 Å². The number of aromatic nitrogens is 4. The molecule has 0 saturated carbocycles. The Morgan fingerprint density at radius 2 is 1.68 bits per heavy atom. The molecule has 0 unspecified atom stereocenters. The van der Waals surface area contributed by atoms with Gasteiger partial charge in [-0.1, -0.05) is 49.6 Å². The van der Waals surface area contributed by atoms with Gasteiger partial charge in [0.2, 0.25) is 11.3 Å². The molecule has 0 amide bonds. The zero-order chi connectivity index (χ0) is 17.5. The van der Waals surface area contributed by atoms with E-state index in [9.17, 15) is 0 Å². The van der Waals surface area contributed by atoms with E-state index < -0.39 is 0 Å². The lowest BCUT2D eigenvalue weighted by molar-refractivity contribution is 0.314. The first kappa shape index (κ1) is 16.1. The van der Waals surface area contributed by atoms with Gasteiger partial charge in [0.15, 0.2) is 11.6 Å². The second-order valence-electron chi connectivity index (χ2n) is 4.90. The van der Waals surface area contributed by atoms with Crippen LogP contribution in [0.4, 0.5) is 17.3 Å². The van der Waals surface area contributed by atoms with Gasteiger partial charge in [-0.25, -0.2) is 14.6 Å². The molecule has 0 bridgehead atoms. The first-order chi connectivity index (χ1) is 12.3. The highest BCUT2D eigenvalue weighted by Crippen LogP contribution is 2.24. The maximum atomic E-state index is 4.70. The molecule has 0 aliphatic heterocycles. The third kappa shape index (κ3) is 3.97. The van der Waals surface area contributed by atoms with Gasteiger partial charge in [-0.15, -0.1) is 0 Å². The molecule has 25 heavy (non-hydrogen) atoms. The smallest absolute Gasteiger partial charge is 0.245 e. The quantitative estimate of drug-likeness (QED) is 0.633. The van der Waals surface area contributed by atoms with Crippen molar-refractivity contribution < 1.29 is 4.63 Å². The number of anilines is 3. The number of rotatable bonds is 7. The molecule has 0 aliphatic rings. The Bertz CT molecular complexity index is 943. The van der Waals surface area contributed by atoms with E-state index in [1.807, 2.05) is 36.4 Å². The molecule has 0 radical (unpaired) electrons. The Morgan fingerprint density at radius 1 is 0.960 bits per heavy atom. The van der Waals surface area contributed by atoms with Crippen LogP contribution in [-0.4, -0.2) is 20.3 Å².